The molecule has 3 heteroatoms. The minimum Gasteiger partial charge on any atom is -0.457 e. The van der Waals surface area contributed by atoms with Gasteiger partial charge in [0.1, 0.15) is 11.5 Å². The van der Waals surface area contributed by atoms with Gasteiger partial charge >= 0.3 is 0 Å². The van der Waals surface area contributed by atoms with E-state index in [0.717, 1.165) is 17.9 Å². The minimum atomic E-state index is 0.00927. The van der Waals surface area contributed by atoms with Crippen LogP contribution in [-0.4, -0.2) is 11.9 Å². The predicted molar refractivity (Wildman–Crippen MR) is 91.8 cm³/mol. The summed E-state index contributed by atoms with van der Waals surface area (Å²) in [5, 5.41) is 3.17. The van der Waals surface area contributed by atoms with E-state index in [2.05, 4.69) is 12.2 Å². The lowest BCUT2D eigenvalue weighted by molar-refractivity contribution is 0.0910. The number of hydrogen-bond donors (Lipinski definition) is 1. The van der Waals surface area contributed by atoms with Gasteiger partial charge in [0, 0.05) is 11.6 Å². The highest BCUT2D eigenvalue weighted by Crippen LogP contribution is 2.25. The summed E-state index contributed by atoms with van der Waals surface area (Å²) >= 11 is 0. The van der Waals surface area contributed by atoms with E-state index < -0.39 is 0 Å². The van der Waals surface area contributed by atoms with Crippen LogP contribution < -0.4 is 10.1 Å². The third-order valence-corrected chi connectivity index (χ3v) is 4.52. The fourth-order valence-electron chi connectivity index (χ4n) is 3.08. The number of nitrogens with one attached hydrogen (secondary N) is 1. The molecule has 0 unspecified atom stereocenters. The van der Waals surface area contributed by atoms with Crippen molar-refractivity contribution in [1.82, 2.24) is 5.32 Å². The highest BCUT2D eigenvalue weighted by atomic mass is 16.5. The average molecular weight is 309 g/mol. The molecule has 0 bridgehead atoms. The molecule has 1 fully saturated rings. The maximum Gasteiger partial charge on any atom is 0.251 e. The zero-order valence-corrected chi connectivity index (χ0v) is 13.5. The van der Waals surface area contributed by atoms with E-state index in [1.807, 2.05) is 54.6 Å². The quantitative estimate of drug-likeness (QED) is 0.882. The molecule has 0 radical (unpaired) electrons. The number of hydrogen-bond acceptors (Lipinski definition) is 2. The lowest BCUT2D eigenvalue weighted by Crippen LogP contribution is -2.41. The molecule has 0 saturated heterocycles. The summed E-state index contributed by atoms with van der Waals surface area (Å²) in [5.74, 6) is 2.10. The van der Waals surface area contributed by atoms with Gasteiger partial charge in [-0.3, -0.25) is 4.79 Å². The van der Waals surface area contributed by atoms with Crippen molar-refractivity contribution in [2.24, 2.45) is 5.92 Å². The number of amides is 1. The molecule has 0 spiro atoms. The zero-order chi connectivity index (χ0) is 16.1. The van der Waals surface area contributed by atoms with Gasteiger partial charge in [0.15, 0.2) is 0 Å². The van der Waals surface area contributed by atoms with Gasteiger partial charge < -0.3 is 10.1 Å². The van der Waals surface area contributed by atoms with E-state index in [1.54, 1.807) is 0 Å². The first kappa shape index (κ1) is 15.6. The van der Waals surface area contributed by atoms with E-state index in [1.165, 1.54) is 19.3 Å². The van der Waals surface area contributed by atoms with Gasteiger partial charge in [0.2, 0.25) is 0 Å². The van der Waals surface area contributed by atoms with Gasteiger partial charge in [-0.15, -0.1) is 0 Å². The average Bonchev–Trinajstić information content (AvgIpc) is 2.58. The normalized spacial score (nSPS) is 20.7. The van der Waals surface area contributed by atoms with Crippen LogP contribution in [0.15, 0.2) is 54.6 Å². The molecule has 1 amide bonds. The van der Waals surface area contributed by atoms with Crippen molar-refractivity contribution in [3.05, 3.63) is 60.2 Å². The van der Waals surface area contributed by atoms with Gasteiger partial charge in [-0.05, 0) is 55.2 Å². The molecule has 3 nitrogen and oxygen atoms in total. The van der Waals surface area contributed by atoms with E-state index >= 15 is 0 Å². The van der Waals surface area contributed by atoms with Crippen LogP contribution in [0.2, 0.25) is 0 Å². The Morgan fingerprint density at radius 2 is 1.61 bits per heavy atom. The molecule has 23 heavy (non-hydrogen) atoms. The van der Waals surface area contributed by atoms with Crippen molar-refractivity contribution in [3.8, 4) is 11.5 Å². The van der Waals surface area contributed by atoms with E-state index in [9.17, 15) is 4.79 Å². The van der Waals surface area contributed by atoms with Crippen molar-refractivity contribution in [2.45, 2.75) is 38.6 Å². The van der Waals surface area contributed by atoms with Crippen molar-refractivity contribution in [3.63, 3.8) is 0 Å². The number of benzene rings is 2. The first-order valence-electron chi connectivity index (χ1n) is 8.36. The van der Waals surface area contributed by atoms with Crippen LogP contribution in [0, 0.1) is 5.92 Å². The first-order valence-corrected chi connectivity index (χ1v) is 8.36. The van der Waals surface area contributed by atoms with Gasteiger partial charge in [0.05, 0.1) is 0 Å². The molecule has 0 aromatic heterocycles. The van der Waals surface area contributed by atoms with Gasteiger partial charge in [-0.25, -0.2) is 0 Å². The maximum absolute atomic E-state index is 12.4. The standard InChI is InChI=1S/C20H23NO2/c1-15-7-5-6-10-19(15)21-20(22)16-11-13-18(14-12-16)23-17-8-3-2-4-9-17/h2-4,8-9,11-15,19H,5-7,10H2,1H3,(H,21,22)/t15-,19-/m0/s1. The Balaban J connectivity index is 1.61. The monoisotopic (exact) mass is 309 g/mol. The Morgan fingerprint density at radius 1 is 0.957 bits per heavy atom. The van der Waals surface area contributed by atoms with Gasteiger partial charge in [-0.1, -0.05) is 38.0 Å². The molecule has 0 heterocycles. The van der Waals surface area contributed by atoms with E-state index in [0.29, 0.717) is 17.5 Å². The van der Waals surface area contributed by atoms with Crippen LogP contribution in [0.5, 0.6) is 11.5 Å². The van der Waals surface area contributed by atoms with Crippen LogP contribution in [0.4, 0.5) is 0 Å². The Bertz CT molecular complexity index is 636. The number of rotatable bonds is 4. The largest absolute Gasteiger partial charge is 0.457 e. The molecule has 2 atom stereocenters. The number of ether oxygens (including phenoxy) is 1. The fourth-order valence-corrected chi connectivity index (χ4v) is 3.08. The smallest absolute Gasteiger partial charge is 0.251 e. The molecule has 1 aliphatic rings. The zero-order valence-electron chi connectivity index (χ0n) is 13.5. The summed E-state index contributed by atoms with van der Waals surface area (Å²) in [4.78, 5) is 12.4. The molecule has 0 aliphatic heterocycles. The maximum atomic E-state index is 12.4. The molecule has 3 rings (SSSR count). The second kappa shape index (κ2) is 7.32. The summed E-state index contributed by atoms with van der Waals surface area (Å²) in [6.45, 7) is 2.22. The summed E-state index contributed by atoms with van der Waals surface area (Å²) in [6.07, 6.45) is 4.77. The molecule has 1 saturated carbocycles. The highest BCUT2D eigenvalue weighted by Gasteiger charge is 2.23. The summed E-state index contributed by atoms with van der Waals surface area (Å²) in [5.41, 5.74) is 0.684. The summed E-state index contributed by atoms with van der Waals surface area (Å²) in [6, 6.07) is 17.3. The lowest BCUT2D eigenvalue weighted by Gasteiger charge is -2.29. The van der Waals surface area contributed by atoms with Crippen molar-refractivity contribution >= 4 is 5.91 Å². The summed E-state index contributed by atoms with van der Waals surface area (Å²) in [7, 11) is 0. The van der Waals surface area contributed by atoms with Crippen LogP contribution in [0.25, 0.3) is 0 Å². The SMILES string of the molecule is C[C@H]1CCCC[C@@H]1NC(=O)c1ccc(Oc2ccccc2)cc1. The van der Waals surface area contributed by atoms with Crippen LogP contribution >= 0.6 is 0 Å². The Hall–Kier alpha value is -2.29. The Morgan fingerprint density at radius 3 is 2.30 bits per heavy atom. The van der Waals surface area contributed by atoms with Gasteiger partial charge in [-0.2, -0.15) is 0 Å². The molecular formula is C20H23NO2. The predicted octanol–water partition coefficient (Wildman–Crippen LogP) is 4.79. The lowest BCUT2D eigenvalue weighted by atomic mass is 9.86. The van der Waals surface area contributed by atoms with Crippen LogP contribution in [0.3, 0.4) is 0 Å². The number of carbonyl (C=O) groups excluding carboxylic acids is 1. The fraction of sp³-hybridized carbons (Fsp3) is 0.350. The molecule has 2 aromatic carbocycles. The van der Waals surface area contributed by atoms with Crippen LogP contribution in [-0.2, 0) is 0 Å². The van der Waals surface area contributed by atoms with Crippen molar-refractivity contribution < 1.29 is 9.53 Å². The highest BCUT2D eigenvalue weighted by molar-refractivity contribution is 5.94. The molecule has 1 aliphatic carbocycles. The number of carbonyl (C=O) groups is 1. The molecular weight excluding hydrogens is 286 g/mol. The second-order valence-corrected chi connectivity index (χ2v) is 6.28. The van der Waals surface area contributed by atoms with Gasteiger partial charge in [0.25, 0.3) is 5.91 Å². The summed E-state index contributed by atoms with van der Waals surface area (Å²) < 4.78 is 5.75. The Labute approximate surface area is 137 Å². The van der Waals surface area contributed by atoms with Crippen molar-refractivity contribution in [2.75, 3.05) is 0 Å². The molecule has 120 valence electrons. The van der Waals surface area contributed by atoms with Crippen LogP contribution in [0.1, 0.15) is 43.0 Å². The molecule has 2 aromatic rings. The third kappa shape index (κ3) is 4.13. The third-order valence-electron chi connectivity index (χ3n) is 4.52. The topological polar surface area (TPSA) is 38.3 Å². The molecule has 1 N–H and O–H groups in total. The Kier molecular flexibility index (Phi) is 4.96. The number of para-hydroxylation sites is 1. The second-order valence-electron chi connectivity index (χ2n) is 6.28. The first-order chi connectivity index (χ1) is 11.2. The van der Waals surface area contributed by atoms with E-state index in [4.69, 9.17) is 4.74 Å². The minimum absolute atomic E-state index is 0.00927. The van der Waals surface area contributed by atoms with Crippen molar-refractivity contribution in [1.29, 1.82) is 0 Å². The van der Waals surface area contributed by atoms with E-state index in [-0.39, 0.29) is 5.91 Å².